The van der Waals surface area contributed by atoms with Crippen LogP contribution in [0.5, 0.6) is 0 Å². The summed E-state index contributed by atoms with van der Waals surface area (Å²) < 4.78 is 16.0. The zero-order valence-electron chi connectivity index (χ0n) is 10.2. The fourth-order valence-electron chi connectivity index (χ4n) is 2.16. The van der Waals surface area contributed by atoms with E-state index in [0.29, 0.717) is 24.0 Å². The molecule has 1 fully saturated rings. The molecule has 3 rings (SSSR count). The van der Waals surface area contributed by atoms with Gasteiger partial charge in [-0.15, -0.1) is 10.2 Å². The molecular weight excluding hydrogens is 231 g/mol. The Hall–Kier alpha value is -1.75. The molecular formula is C13H15FN4. The predicted molar refractivity (Wildman–Crippen MR) is 66.3 cm³/mol. The summed E-state index contributed by atoms with van der Waals surface area (Å²) in [5.74, 6) is 1.07. The van der Waals surface area contributed by atoms with E-state index >= 15 is 0 Å². The van der Waals surface area contributed by atoms with Gasteiger partial charge in [-0.25, -0.2) is 4.39 Å². The maximum absolute atomic E-state index is 14.0. The summed E-state index contributed by atoms with van der Waals surface area (Å²) in [6.45, 7) is 2.20. The van der Waals surface area contributed by atoms with Gasteiger partial charge in [0.25, 0.3) is 0 Å². The number of nitrogens with two attached hydrogens (primary N) is 1. The molecule has 0 aliphatic heterocycles. The van der Waals surface area contributed by atoms with Gasteiger partial charge in [0.1, 0.15) is 11.6 Å². The minimum atomic E-state index is -0.257. The fourth-order valence-corrected chi connectivity index (χ4v) is 2.16. The number of rotatable bonds is 3. The molecule has 0 amide bonds. The summed E-state index contributed by atoms with van der Waals surface area (Å²) in [6.07, 6.45) is 2.18. The van der Waals surface area contributed by atoms with Crippen LogP contribution in [0, 0.1) is 12.7 Å². The molecule has 94 valence electrons. The van der Waals surface area contributed by atoms with Crippen LogP contribution in [-0.4, -0.2) is 14.8 Å². The summed E-state index contributed by atoms with van der Waals surface area (Å²) in [6, 6.07) is 5.54. The minimum Gasteiger partial charge on any atom is -0.324 e. The first-order valence-electron chi connectivity index (χ1n) is 6.11. The van der Waals surface area contributed by atoms with E-state index in [0.717, 1.165) is 24.2 Å². The molecule has 0 atom stereocenters. The smallest absolute Gasteiger partial charge is 0.167 e. The second-order valence-electron chi connectivity index (χ2n) is 4.73. The third-order valence-corrected chi connectivity index (χ3v) is 3.23. The highest BCUT2D eigenvalue weighted by Gasteiger charge is 2.30. The van der Waals surface area contributed by atoms with E-state index in [9.17, 15) is 4.39 Å². The summed E-state index contributed by atoms with van der Waals surface area (Å²) in [5.41, 5.74) is 7.05. The molecule has 0 radical (unpaired) electrons. The lowest BCUT2D eigenvalue weighted by molar-refractivity contribution is 0.623. The Bertz CT molecular complexity index is 587. The molecule has 1 aliphatic rings. The van der Waals surface area contributed by atoms with Crippen molar-refractivity contribution in [1.82, 2.24) is 14.8 Å². The second kappa shape index (κ2) is 4.17. The number of aryl methyl sites for hydroxylation is 1. The van der Waals surface area contributed by atoms with Crippen molar-refractivity contribution >= 4 is 0 Å². The average molecular weight is 246 g/mol. The highest BCUT2D eigenvalue weighted by atomic mass is 19.1. The van der Waals surface area contributed by atoms with Gasteiger partial charge in [-0.3, -0.25) is 0 Å². The average Bonchev–Trinajstić information content (AvgIpc) is 3.09. The van der Waals surface area contributed by atoms with E-state index in [1.54, 1.807) is 6.07 Å². The van der Waals surface area contributed by atoms with Crippen molar-refractivity contribution in [1.29, 1.82) is 0 Å². The fraction of sp³-hybridized carbons (Fsp3) is 0.385. The van der Waals surface area contributed by atoms with E-state index in [4.69, 9.17) is 5.73 Å². The molecule has 1 aromatic carbocycles. The van der Waals surface area contributed by atoms with Gasteiger partial charge in [0.15, 0.2) is 5.82 Å². The van der Waals surface area contributed by atoms with Crippen molar-refractivity contribution in [2.75, 3.05) is 0 Å². The predicted octanol–water partition coefficient (Wildman–Crippen LogP) is 2.19. The van der Waals surface area contributed by atoms with Gasteiger partial charge < -0.3 is 10.3 Å². The lowest BCUT2D eigenvalue weighted by Gasteiger charge is -2.09. The van der Waals surface area contributed by atoms with Crippen LogP contribution < -0.4 is 5.73 Å². The Morgan fingerprint density at radius 2 is 2.17 bits per heavy atom. The van der Waals surface area contributed by atoms with Crippen molar-refractivity contribution in [3.63, 3.8) is 0 Å². The third kappa shape index (κ3) is 1.80. The van der Waals surface area contributed by atoms with Crippen molar-refractivity contribution in [2.45, 2.75) is 32.4 Å². The molecule has 1 aromatic heterocycles. The second-order valence-corrected chi connectivity index (χ2v) is 4.73. The Labute approximate surface area is 105 Å². The molecule has 1 saturated carbocycles. The lowest BCUT2D eigenvalue weighted by Crippen LogP contribution is -2.08. The van der Waals surface area contributed by atoms with Gasteiger partial charge in [-0.05, 0) is 37.5 Å². The Morgan fingerprint density at radius 3 is 2.78 bits per heavy atom. The summed E-state index contributed by atoms with van der Waals surface area (Å²) in [7, 11) is 0. The van der Waals surface area contributed by atoms with Crippen LogP contribution >= 0.6 is 0 Å². The summed E-state index contributed by atoms with van der Waals surface area (Å²) >= 11 is 0. The Morgan fingerprint density at radius 1 is 1.39 bits per heavy atom. The topological polar surface area (TPSA) is 56.7 Å². The van der Waals surface area contributed by atoms with Crippen LogP contribution in [-0.2, 0) is 6.54 Å². The minimum absolute atomic E-state index is 0.257. The molecule has 2 aromatic rings. The van der Waals surface area contributed by atoms with E-state index < -0.39 is 0 Å². The molecule has 0 bridgehead atoms. The molecule has 0 spiro atoms. The first-order chi connectivity index (χ1) is 8.70. The molecule has 5 heteroatoms. The largest absolute Gasteiger partial charge is 0.324 e. The normalized spacial score (nSPS) is 15.1. The van der Waals surface area contributed by atoms with E-state index in [2.05, 4.69) is 10.2 Å². The van der Waals surface area contributed by atoms with Gasteiger partial charge in [0, 0.05) is 6.04 Å². The standard InChI is InChI=1S/C13H15FN4/c1-8-2-5-10(11(14)6-8)13-17-16-12(7-15)18(13)9-3-4-9/h2,5-6,9H,3-4,7,15H2,1H3. The van der Waals surface area contributed by atoms with Crippen LogP contribution in [0.15, 0.2) is 18.2 Å². The number of hydrogen-bond donors (Lipinski definition) is 1. The molecule has 0 saturated heterocycles. The van der Waals surface area contributed by atoms with Crippen molar-refractivity contribution < 1.29 is 4.39 Å². The molecule has 0 unspecified atom stereocenters. The van der Waals surface area contributed by atoms with Gasteiger partial charge >= 0.3 is 0 Å². The van der Waals surface area contributed by atoms with Crippen LogP contribution in [0.25, 0.3) is 11.4 Å². The number of halogens is 1. The molecule has 18 heavy (non-hydrogen) atoms. The van der Waals surface area contributed by atoms with Crippen LogP contribution in [0.1, 0.15) is 30.3 Å². The van der Waals surface area contributed by atoms with Gasteiger partial charge in [-0.1, -0.05) is 6.07 Å². The van der Waals surface area contributed by atoms with Gasteiger partial charge in [-0.2, -0.15) is 0 Å². The highest BCUT2D eigenvalue weighted by molar-refractivity contribution is 5.57. The van der Waals surface area contributed by atoms with E-state index in [1.165, 1.54) is 6.07 Å². The summed E-state index contributed by atoms with van der Waals surface area (Å²) in [5, 5.41) is 8.16. The molecule has 1 aliphatic carbocycles. The molecule has 1 heterocycles. The number of benzene rings is 1. The van der Waals surface area contributed by atoms with Crippen molar-refractivity contribution in [2.24, 2.45) is 5.73 Å². The SMILES string of the molecule is Cc1ccc(-c2nnc(CN)n2C2CC2)c(F)c1. The Kier molecular flexibility index (Phi) is 2.63. The van der Waals surface area contributed by atoms with Crippen LogP contribution in [0.4, 0.5) is 4.39 Å². The lowest BCUT2D eigenvalue weighted by atomic mass is 10.1. The first kappa shape index (κ1) is 11.3. The van der Waals surface area contributed by atoms with E-state index in [1.807, 2.05) is 17.6 Å². The van der Waals surface area contributed by atoms with Gasteiger partial charge in [0.2, 0.25) is 0 Å². The molecule has 4 nitrogen and oxygen atoms in total. The van der Waals surface area contributed by atoms with Crippen molar-refractivity contribution in [3.8, 4) is 11.4 Å². The van der Waals surface area contributed by atoms with Crippen LogP contribution in [0.2, 0.25) is 0 Å². The highest BCUT2D eigenvalue weighted by Crippen LogP contribution is 2.39. The first-order valence-corrected chi connectivity index (χ1v) is 6.11. The maximum Gasteiger partial charge on any atom is 0.167 e. The van der Waals surface area contributed by atoms with Crippen molar-refractivity contribution in [3.05, 3.63) is 35.4 Å². The summed E-state index contributed by atoms with van der Waals surface area (Å²) in [4.78, 5) is 0. The third-order valence-electron chi connectivity index (χ3n) is 3.23. The van der Waals surface area contributed by atoms with Crippen LogP contribution in [0.3, 0.4) is 0 Å². The maximum atomic E-state index is 14.0. The zero-order valence-corrected chi connectivity index (χ0v) is 10.2. The number of aromatic nitrogens is 3. The number of hydrogen-bond acceptors (Lipinski definition) is 3. The van der Waals surface area contributed by atoms with E-state index in [-0.39, 0.29) is 5.82 Å². The molecule has 2 N–H and O–H groups in total. The quantitative estimate of drug-likeness (QED) is 0.903. The zero-order chi connectivity index (χ0) is 12.7. The van der Waals surface area contributed by atoms with Gasteiger partial charge in [0.05, 0.1) is 12.1 Å². The monoisotopic (exact) mass is 246 g/mol. The Balaban J connectivity index is 2.13. The number of nitrogens with zero attached hydrogens (tertiary/aromatic N) is 3.